The number of nitrogens with zero attached hydrogens (tertiary/aromatic N) is 2. The normalized spacial score (nSPS) is 15.8. The van der Waals surface area contributed by atoms with Gasteiger partial charge in [-0.25, -0.2) is 9.59 Å². The molecule has 0 bridgehead atoms. The highest BCUT2D eigenvalue weighted by Gasteiger charge is 2.38. The predicted octanol–water partition coefficient (Wildman–Crippen LogP) is 3.57. The van der Waals surface area contributed by atoms with E-state index in [0.29, 0.717) is 13.0 Å². The smallest absolute Gasteiger partial charge is 0.410 e. The summed E-state index contributed by atoms with van der Waals surface area (Å²) < 4.78 is 10.3. The van der Waals surface area contributed by atoms with Gasteiger partial charge in [0.2, 0.25) is 5.91 Å². The lowest BCUT2D eigenvalue weighted by molar-refractivity contribution is -0.155. The van der Waals surface area contributed by atoms with Crippen molar-refractivity contribution in [2.45, 2.75) is 46.3 Å². The fourth-order valence-corrected chi connectivity index (χ4v) is 4.38. The number of rotatable bonds is 6. The number of benzene rings is 2. The molecule has 0 radical (unpaired) electrons. The molecule has 0 aromatic heterocycles. The van der Waals surface area contributed by atoms with E-state index in [-0.39, 0.29) is 32.0 Å². The molecule has 7 heteroatoms. The summed E-state index contributed by atoms with van der Waals surface area (Å²) in [4.78, 5) is 41.1. The Labute approximate surface area is 195 Å². The first-order valence-corrected chi connectivity index (χ1v) is 11.2. The lowest BCUT2D eigenvalue weighted by atomic mass is 9.96. The maximum Gasteiger partial charge on any atom is 0.410 e. The Morgan fingerprint density at radius 2 is 1.67 bits per heavy atom. The number of carbonyl (C=O) groups is 3. The maximum absolute atomic E-state index is 13.1. The lowest BCUT2D eigenvalue weighted by Crippen LogP contribution is -2.59. The number of hydrogen-bond acceptors (Lipinski definition) is 5. The summed E-state index contributed by atoms with van der Waals surface area (Å²) in [6.45, 7) is 6.92. The van der Waals surface area contributed by atoms with Crippen LogP contribution in [0.3, 0.4) is 0 Å². The zero-order valence-electron chi connectivity index (χ0n) is 19.8. The Balaban J connectivity index is 1.62. The molecule has 0 N–H and O–H groups in total. The molecule has 1 saturated heterocycles. The monoisotopic (exact) mass is 452 g/mol. The molecule has 2 aromatic carbocycles. The van der Waals surface area contributed by atoms with Crippen LogP contribution < -0.4 is 0 Å². The number of carbonyl (C=O) groups excluding carboxylic acids is 3. The third-order valence-corrected chi connectivity index (χ3v) is 6.07. The Hall–Kier alpha value is -3.35. The number of methoxy groups -OCH3 is 1. The minimum absolute atomic E-state index is 0.0502. The van der Waals surface area contributed by atoms with Gasteiger partial charge in [0.1, 0.15) is 12.6 Å². The van der Waals surface area contributed by atoms with Crippen molar-refractivity contribution in [1.29, 1.82) is 0 Å². The van der Waals surface area contributed by atoms with Crippen LogP contribution >= 0.6 is 0 Å². The minimum atomic E-state index is -0.847. The standard InChI is InChI=1S/C26H32N2O5/c1-18-14-19(2)22(20(3)15-18)10-11-24(29)28-13-12-27(16-23(28)25(30)32-4)26(31)33-17-21-8-6-5-7-9-21/h5-9,14-15,23H,10-13,16-17H2,1-4H3/t23-/m1/s1. The van der Waals surface area contributed by atoms with Crippen LogP contribution in [-0.4, -0.2) is 60.6 Å². The Kier molecular flexibility index (Phi) is 8.09. The third-order valence-electron chi connectivity index (χ3n) is 6.07. The summed E-state index contributed by atoms with van der Waals surface area (Å²) >= 11 is 0. The zero-order valence-corrected chi connectivity index (χ0v) is 19.8. The maximum atomic E-state index is 13.1. The number of esters is 1. The van der Waals surface area contributed by atoms with Crippen molar-refractivity contribution < 1.29 is 23.9 Å². The quantitative estimate of drug-likeness (QED) is 0.627. The average molecular weight is 453 g/mol. The molecule has 33 heavy (non-hydrogen) atoms. The van der Waals surface area contributed by atoms with Crippen LogP contribution in [0.15, 0.2) is 42.5 Å². The zero-order chi connectivity index (χ0) is 24.0. The molecule has 1 heterocycles. The van der Waals surface area contributed by atoms with Crippen molar-refractivity contribution in [3.05, 3.63) is 70.3 Å². The van der Waals surface area contributed by atoms with E-state index in [0.717, 1.165) is 22.3 Å². The van der Waals surface area contributed by atoms with Gasteiger partial charge in [0.25, 0.3) is 0 Å². The molecule has 2 amide bonds. The molecule has 3 rings (SSSR count). The first-order valence-electron chi connectivity index (χ1n) is 11.2. The van der Waals surface area contributed by atoms with Gasteiger partial charge < -0.3 is 19.3 Å². The van der Waals surface area contributed by atoms with Crippen LogP contribution in [0.1, 0.15) is 34.2 Å². The summed E-state index contributed by atoms with van der Waals surface area (Å²) in [7, 11) is 1.29. The van der Waals surface area contributed by atoms with Crippen LogP contribution in [-0.2, 0) is 32.1 Å². The summed E-state index contributed by atoms with van der Waals surface area (Å²) in [5.74, 6) is -0.659. The second-order valence-corrected chi connectivity index (χ2v) is 8.49. The van der Waals surface area contributed by atoms with Gasteiger partial charge in [-0.1, -0.05) is 48.0 Å². The molecule has 0 saturated carbocycles. The van der Waals surface area contributed by atoms with Gasteiger partial charge in [-0.3, -0.25) is 4.79 Å². The van der Waals surface area contributed by atoms with Crippen LogP contribution in [0.25, 0.3) is 0 Å². The number of hydrogen-bond donors (Lipinski definition) is 0. The molecule has 176 valence electrons. The van der Waals surface area contributed by atoms with Gasteiger partial charge >= 0.3 is 12.1 Å². The first-order chi connectivity index (χ1) is 15.8. The Morgan fingerprint density at radius 3 is 2.30 bits per heavy atom. The van der Waals surface area contributed by atoms with Gasteiger partial charge in [-0.2, -0.15) is 0 Å². The van der Waals surface area contributed by atoms with Crippen LogP contribution in [0, 0.1) is 20.8 Å². The minimum Gasteiger partial charge on any atom is -0.467 e. The molecule has 0 unspecified atom stereocenters. The molecule has 0 aliphatic carbocycles. The van der Waals surface area contributed by atoms with Crippen molar-refractivity contribution in [3.63, 3.8) is 0 Å². The van der Waals surface area contributed by atoms with E-state index < -0.39 is 18.1 Å². The molecule has 1 atom stereocenters. The molecule has 1 fully saturated rings. The second kappa shape index (κ2) is 11.0. The summed E-state index contributed by atoms with van der Waals surface area (Å²) in [6.07, 6.45) is 0.381. The largest absolute Gasteiger partial charge is 0.467 e. The van der Waals surface area contributed by atoms with Crippen LogP contribution in [0.4, 0.5) is 4.79 Å². The van der Waals surface area contributed by atoms with Crippen molar-refractivity contribution in [2.75, 3.05) is 26.7 Å². The van der Waals surface area contributed by atoms with Gasteiger partial charge in [-0.15, -0.1) is 0 Å². The van der Waals surface area contributed by atoms with E-state index in [1.165, 1.54) is 22.5 Å². The third kappa shape index (κ3) is 6.12. The van der Waals surface area contributed by atoms with Gasteiger partial charge in [0, 0.05) is 19.5 Å². The van der Waals surface area contributed by atoms with E-state index in [2.05, 4.69) is 32.9 Å². The van der Waals surface area contributed by atoms with E-state index in [1.807, 2.05) is 30.3 Å². The number of amides is 2. The van der Waals surface area contributed by atoms with Crippen molar-refractivity contribution >= 4 is 18.0 Å². The first kappa shape index (κ1) is 24.3. The van der Waals surface area contributed by atoms with Crippen molar-refractivity contribution in [2.24, 2.45) is 0 Å². The van der Waals surface area contributed by atoms with Gasteiger partial charge in [-0.05, 0) is 49.4 Å². The molecule has 2 aromatic rings. The summed E-state index contributed by atoms with van der Waals surface area (Å²) in [6, 6.07) is 12.8. The topological polar surface area (TPSA) is 76.2 Å². The predicted molar refractivity (Wildman–Crippen MR) is 125 cm³/mol. The number of ether oxygens (including phenoxy) is 2. The lowest BCUT2D eigenvalue weighted by Gasteiger charge is -2.39. The highest BCUT2D eigenvalue weighted by atomic mass is 16.6. The molecule has 1 aliphatic rings. The van der Waals surface area contributed by atoms with E-state index >= 15 is 0 Å². The van der Waals surface area contributed by atoms with E-state index in [1.54, 1.807) is 0 Å². The average Bonchev–Trinajstić information content (AvgIpc) is 2.81. The van der Waals surface area contributed by atoms with Gasteiger partial charge in [0.05, 0.1) is 13.7 Å². The molecule has 0 spiro atoms. The summed E-state index contributed by atoms with van der Waals surface area (Å²) in [5, 5.41) is 0. The Bertz CT molecular complexity index is 982. The van der Waals surface area contributed by atoms with E-state index in [4.69, 9.17) is 9.47 Å². The summed E-state index contributed by atoms with van der Waals surface area (Å²) in [5.41, 5.74) is 5.56. The fourth-order valence-electron chi connectivity index (χ4n) is 4.38. The highest BCUT2D eigenvalue weighted by molar-refractivity contribution is 5.86. The highest BCUT2D eigenvalue weighted by Crippen LogP contribution is 2.20. The molecule has 1 aliphatic heterocycles. The second-order valence-electron chi connectivity index (χ2n) is 8.49. The fraction of sp³-hybridized carbons (Fsp3) is 0.423. The van der Waals surface area contributed by atoms with Gasteiger partial charge in [0.15, 0.2) is 0 Å². The van der Waals surface area contributed by atoms with Crippen molar-refractivity contribution in [3.8, 4) is 0 Å². The number of piperazine rings is 1. The molecular weight excluding hydrogens is 420 g/mol. The van der Waals surface area contributed by atoms with Crippen molar-refractivity contribution in [1.82, 2.24) is 9.80 Å². The molecule has 7 nitrogen and oxygen atoms in total. The van der Waals surface area contributed by atoms with Crippen LogP contribution in [0.2, 0.25) is 0 Å². The van der Waals surface area contributed by atoms with E-state index in [9.17, 15) is 14.4 Å². The number of aryl methyl sites for hydroxylation is 3. The SMILES string of the molecule is COC(=O)[C@H]1CN(C(=O)OCc2ccccc2)CCN1C(=O)CCc1c(C)cc(C)cc1C. The van der Waals surface area contributed by atoms with Crippen LogP contribution in [0.5, 0.6) is 0 Å². The Morgan fingerprint density at radius 1 is 1.00 bits per heavy atom. The molecular formula is C26H32N2O5.